The van der Waals surface area contributed by atoms with Crippen LogP contribution in [0.2, 0.25) is 0 Å². The minimum Gasteiger partial charge on any atom is -0.368 e. The van der Waals surface area contributed by atoms with E-state index in [4.69, 9.17) is 15.2 Å². The average Bonchev–Trinajstić information content (AvgIpc) is 2.12. The van der Waals surface area contributed by atoms with Gasteiger partial charge in [-0.3, -0.25) is 9.59 Å². The van der Waals surface area contributed by atoms with Gasteiger partial charge in [0.1, 0.15) is 0 Å². The highest BCUT2D eigenvalue weighted by Gasteiger charge is 2.32. The van der Waals surface area contributed by atoms with Crippen LogP contribution in [0.3, 0.4) is 0 Å². The molecule has 0 heterocycles. The lowest BCUT2D eigenvalue weighted by molar-refractivity contribution is -0.201. The summed E-state index contributed by atoms with van der Waals surface area (Å²) < 4.78 is 9.59. The van der Waals surface area contributed by atoms with Gasteiger partial charge in [-0.1, -0.05) is 0 Å². The third-order valence-corrected chi connectivity index (χ3v) is 1.61. The highest BCUT2D eigenvalue weighted by molar-refractivity contribution is 5.87. The van der Waals surface area contributed by atoms with Gasteiger partial charge >= 0.3 is 0 Å². The van der Waals surface area contributed by atoms with Gasteiger partial charge in [0.25, 0.3) is 5.91 Å². The molecule has 3 N–H and O–H groups in total. The molecule has 0 unspecified atom stereocenters. The average molecular weight is 190 g/mol. The normalized spacial score (nSPS) is 11.0. The number of primary amides is 1. The van der Waals surface area contributed by atoms with E-state index < -0.39 is 17.6 Å². The van der Waals surface area contributed by atoms with Gasteiger partial charge in [0.15, 0.2) is 0 Å². The fourth-order valence-corrected chi connectivity index (χ4v) is 0.597. The molecular weight excluding hydrogens is 176 g/mol. The molecular formula is C7H14N2O4. The van der Waals surface area contributed by atoms with E-state index in [9.17, 15) is 9.59 Å². The Kier molecular flexibility index (Phi) is 4.36. The van der Waals surface area contributed by atoms with Crippen LogP contribution in [-0.2, 0) is 19.1 Å². The minimum atomic E-state index is -1.38. The van der Waals surface area contributed by atoms with Crippen molar-refractivity contribution in [3.05, 3.63) is 0 Å². The largest absolute Gasteiger partial charge is 0.368 e. The summed E-state index contributed by atoms with van der Waals surface area (Å²) in [5, 5.41) is 2.26. The topological polar surface area (TPSA) is 90.7 Å². The fraction of sp³-hybridized carbons (Fsp3) is 0.714. The molecule has 0 aliphatic carbocycles. The van der Waals surface area contributed by atoms with Crippen molar-refractivity contribution < 1.29 is 19.1 Å². The first-order valence-electron chi connectivity index (χ1n) is 3.63. The van der Waals surface area contributed by atoms with Crippen LogP contribution in [0.5, 0.6) is 0 Å². The molecule has 13 heavy (non-hydrogen) atoms. The standard InChI is InChI=1S/C7H14N2O4/c1-7(12-2,13-3)6(11)9-4-5(8)10/h4H2,1-3H3,(H2,8,10)(H,9,11). The van der Waals surface area contributed by atoms with Crippen LogP contribution < -0.4 is 11.1 Å². The molecule has 0 radical (unpaired) electrons. The van der Waals surface area contributed by atoms with Gasteiger partial charge < -0.3 is 20.5 Å². The Morgan fingerprint density at radius 2 is 1.85 bits per heavy atom. The van der Waals surface area contributed by atoms with E-state index >= 15 is 0 Å². The molecule has 0 rings (SSSR count). The molecule has 0 bridgehead atoms. The number of hydrogen-bond donors (Lipinski definition) is 2. The van der Waals surface area contributed by atoms with Crippen molar-refractivity contribution in [1.82, 2.24) is 5.32 Å². The predicted molar refractivity (Wildman–Crippen MR) is 44.6 cm³/mol. The summed E-state index contributed by atoms with van der Waals surface area (Å²) in [5.41, 5.74) is 4.83. The Balaban J connectivity index is 4.15. The van der Waals surface area contributed by atoms with Crippen molar-refractivity contribution in [1.29, 1.82) is 0 Å². The second-order valence-electron chi connectivity index (χ2n) is 2.50. The maximum Gasteiger partial charge on any atom is 0.280 e. The Morgan fingerprint density at radius 1 is 1.38 bits per heavy atom. The number of ether oxygens (including phenoxy) is 2. The molecule has 0 aromatic heterocycles. The van der Waals surface area contributed by atoms with E-state index in [-0.39, 0.29) is 6.54 Å². The zero-order valence-corrected chi connectivity index (χ0v) is 7.92. The van der Waals surface area contributed by atoms with Gasteiger partial charge in [-0.15, -0.1) is 0 Å². The van der Waals surface area contributed by atoms with Gasteiger partial charge in [-0.05, 0) is 6.92 Å². The molecule has 0 atom stereocenters. The van der Waals surface area contributed by atoms with Crippen LogP contribution in [0.4, 0.5) is 0 Å². The third-order valence-electron chi connectivity index (χ3n) is 1.61. The van der Waals surface area contributed by atoms with Gasteiger partial charge in [-0.2, -0.15) is 0 Å². The van der Waals surface area contributed by atoms with Crippen LogP contribution in [0, 0.1) is 0 Å². The molecule has 0 fully saturated rings. The lowest BCUT2D eigenvalue weighted by Gasteiger charge is -2.24. The predicted octanol–water partition coefficient (Wildman–Crippen LogP) is -1.40. The minimum absolute atomic E-state index is 0.235. The van der Waals surface area contributed by atoms with Crippen LogP contribution in [0.25, 0.3) is 0 Å². The van der Waals surface area contributed by atoms with Crippen molar-refractivity contribution in [3.63, 3.8) is 0 Å². The summed E-state index contributed by atoms with van der Waals surface area (Å²) in [6.07, 6.45) is 0. The molecule has 0 saturated carbocycles. The molecule has 0 aromatic rings. The Labute approximate surface area is 76.4 Å². The zero-order valence-electron chi connectivity index (χ0n) is 7.92. The number of carbonyl (C=O) groups excluding carboxylic acids is 2. The quantitative estimate of drug-likeness (QED) is 0.521. The molecule has 0 aliphatic rings. The summed E-state index contributed by atoms with van der Waals surface area (Å²) in [6.45, 7) is 1.20. The Hall–Kier alpha value is -1.14. The second-order valence-corrected chi connectivity index (χ2v) is 2.50. The van der Waals surface area contributed by atoms with E-state index in [2.05, 4.69) is 5.32 Å². The van der Waals surface area contributed by atoms with Crippen molar-refractivity contribution >= 4 is 11.8 Å². The maximum absolute atomic E-state index is 11.3. The number of carbonyl (C=O) groups is 2. The first kappa shape index (κ1) is 11.9. The van der Waals surface area contributed by atoms with E-state index in [1.54, 1.807) is 0 Å². The summed E-state index contributed by atoms with van der Waals surface area (Å²) in [7, 11) is 2.65. The fourth-order valence-electron chi connectivity index (χ4n) is 0.597. The van der Waals surface area contributed by atoms with Crippen LogP contribution in [-0.4, -0.2) is 38.4 Å². The van der Waals surface area contributed by atoms with E-state index in [0.29, 0.717) is 0 Å². The number of hydrogen-bond acceptors (Lipinski definition) is 4. The number of amides is 2. The van der Waals surface area contributed by atoms with Gasteiger partial charge in [-0.25, -0.2) is 0 Å². The smallest absolute Gasteiger partial charge is 0.280 e. The molecule has 6 nitrogen and oxygen atoms in total. The van der Waals surface area contributed by atoms with Crippen molar-refractivity contribution in [3.8, 4) is 0 Å². The summed E-state index contributed by atoms with van der Waals surface area (Å²) in [5.74, 6) is -2.55. The molecule has 0 aliphatic heterocycles. The van der Waals surface area contributed by atoms with E-state index in [1.165, 1.54) is 21.1 Å². The monoisotopic (exact) mass is 190 g/mol. The molecule has 0 saturated heterocycles. The molecule has 0 spiro atoms. The van der Waals surface area contributed by atoms with Gasteiger partial charge in [0, 0.05) is 14.2 Å². The number of nitrogens with one attached hydrogen (secondary N) is 1. The zero-order chi connectivity index (χ0) is 10.5. The van der Waals surface area contributed by atoms with Crippen LogP contribution in [0.15, 0.2) is 0 Å². The van der Waals surface area contributed by atoms with Crippen molar-refractivity contribution in [2.24, 2.45) is 5.73 Å². The van der Waals surface area contributed by atoms with Crippen LogP contribution in [0.1, 0.15) is 6.92 Å². The highest BCUT2D eigenvalue weighted by atomic mass is 16.7. The van der Waals surface area contributed by atoms with Gasteiger partial charge in [0.05, 0.1) is 6.54 Å². The first-order chi connectivity index (χ1) is 5.96. The maximum atomic E-state index is 11.3. The Morgan fingerprint density at radius 3 is 2.15 bits per heavy atom. The number of methoxy groups -OCH3 is 2. The highest BCUT2D eigenvalue weighted by Crippen LogP contribution is 2.08. The SMILES string of the molecule is COC(C)(OC)C(=O)NCC(N)=O. The van der Waals surface area contributed by atoms with E-state index in [0.717, 1.165) is 0 Å². The van der Waals surface area contributed by atoms with Gasteiger partial charge in [0.2, 0.25) is 11.7 Å². The van der Waals surface area contributed by atoms with Crippen molar-refractivity contribution in [2.75, 3.05) is 20.8 Å². The lowest BCUT2D eigenvalue weighted by Crippen LogP contribution is -2.49. The summed E-state index contributed by atoms with van der Waals surface area (Å²) in [4.78, 5) is 21.6. The first-order valence-corrected chi connectivity index (χ1v) is 3.63. The molecule has 6 heteroatoms. The summed E-state index contributed by atoms with van der Waals surface area (Å²) in [6, 6.07) is 0. The van der Waals surface area contributed by atoms with E-state index in [1.807, 2.05) is 0 Å². The molecule has 2 amide bonds. The number of nitrogens with two attached hydrogens (primary N) is 1. The summed E-state index contributed by atoms with van der Waals surface area (Å²) >= 11 is 0. The molecule has 0 aromatic carbocycles. The molecule has 76 valence electrons. The lowest BCUT2D eigenvalue weighted by atomic mass is 10.3. The third kappa shape index (κ3) is 3.39. The number of rotatable bonds is 5. The Bertz CT molecular complexity index is 201. The van der Waals surface area contributed by atoms with Crippen molar-refractivity contribution in [2.45, 2.75) is 12.7 Å². The second kappa shape index (κ2) is 4.78. The van der Waals surface area contributed by atoms with Crippen LogP contribution >= 0.6 is 0 Å².